The van der Waals surface area contributed by atoms with Crippen LogP contribution in [0.25, 0.3) is 0 Å². The van der Waals surface area contributed by atoms with E-state index in [-0.39, 0.29) is 0 Å². The van der Waals surface area contributed by atoms with Gasteiger partial charge >= 0.3 is 0 Å². The van der Waals surface area contributed by atoms with Gasteiger partial charge < -0.3 is 4.57 Å². The van der Waals surface area contributed by atoms with Crippen LogP contribution in [0.4, 0.5) is 0 Å². The van der Waals surface area contributed by atoms with Crippen molar-refractivity contribution < 1.29 is 0 Å². The Bertz CT molecular complexity index is 562. The first-order valence-corrected chi connectivity index (χ1v) is 8.05. The molecule has 2 aromatic rings. The Labute approximate surface area is 131 Å². The highest BCUT2D eigenvalue weighted by atomic mass is 15.3. The second-order valence-electron chi connectivity index (χ2n) is 5.91. The average Bonchev–Trinajstić information content (AvgIpc) is 3.18. The summed E-state index contributed by atoms with van der Waals surface area (Å²) in [6, 6.07) is 0.548. The Morgan fingerprint density at radius 1 is 1.27 bits per heavy atom. The monoisotopic (exact) mass is 303 g/mol. The molecule has 0 amide bonds. The fraction of sp³-hybridized carbons (Fsp3) is 0.667. The van der Waals surface area contributed by atoms with Gasteiger partial charge in [0.2, 0.25) is 0 Å². The Morgan fingerprint density at radius 3 is 2.91 bits per heavy atom. The van der Waals surface area contributed by atoms with Crippen LogP contribution in [-0.4, -0.2) is 66.3 Å². The molecule has 1 unspecified atom stereocenters. The van der Waals surface area contributed by atoms with Crippen molar-refractivity contribution in [3.8, 4) is 0 Å². The van der Waals surface area contributed by atoms with E-state index in [1.54, 1.807) is 12.7 Å². The maximum Gasteiger partial charge on any atom is 0.137 e. The molecule has 2 aromatic heterocycles. The smallest absolute Gasteiger partial charge is 0.137 e. The summed E-state index contributed by atoms with van der Waals surface area (Å²) >= 11 is 0. The first-order valence-electron chi connectivity index (χ1n) is 8.05. The summed E-state index contributed by atoms with van der Waals surface area (Å²) in [4.78, 5) is 13.5. The zero-order valence-electron chi connectivity index (χ0n) is 13.5. The van der Waals surface area contributed by atoms with E-state index >= 15 is 0 Å². The van der Waals surface area contributed by atoms with Crippen molar-refractivity contribution in [2.75, 3.05) is 26.2 Å². The molecule has 120 valence electrons. The molecule has 0 radical (unpaired) electrons. The third-order valence-corrected chi connectivity index (χ3v) is 4.45. The third kappa shape index (κ3) is 3.53. The molecule has 1 aliphatic rings. The highest BCUT2D eigenvalue weighted by Crippen LogP contribution is 2.13. The number of imidazole rings is 1. The Morgan fingerprint density at radius 2 is 2.18 bits per heavy atom. The quantitative estimate of drug-likeness (QED) is 0.786. The highest BCUT2D eigenvalue weighted by Gasteiger charge is 2.24. The number of hydrogen-bond acceptors (Lipinski definition) is 5. The van der Waals surface area contributed by atoms with E-state index in [4.69, 9.17) is 0 Å². The summed E-state index contributed by atoms with van der Waals surface area (Å²) in [7, 11) is 0. The highest BCUT2D eigenvalue weighted by molar-refractivity contribution is 4.94. The van der Waals surface area contributed by atoms with Crippen LogP contribution < -0.4 is 0 Å². The van der Waals surface area contributed by atoms with E-state index in [1.807, 2.05) is 10.9 Å². The van der Waals surface area contributed by atoms with Crippen LogP contribution in [0, 0.1) is 0 Å². The molecule has 7 nitrogen and oxygen atoms in total. The summed E-state index contributed by atoms with van der Waals surface area (Å²) in [6.07, 6.45) is 7.34. The molecule has 0 N–H and O–H groups in total. The molecule has 0 aromatic carbocycles. The first kappa shape index (κ1) is 15.2. The predicted molar refractivity (Wildman–Crippen MR) is 84.2 cm³/mol. The van der Waals surface area contributed by atoms with Crippen molar-refractivity contribution in [1.82, 2.24) is 34.1 Å². The normalized spacial score (nSPS) is 20.5. The van der Waals surface area contributed by atoms with E-state index in [2.05, 4.69) is 49.5 Å². The van der Waals surface area contributed by atoms with E-state index in [0.717, 1.165) is 45.8 Å². The minimum Gasteiger partial charge on any atom is -0.334 e. The number of hydrogen-bond donors (Lipinski definition) is 0. The minimum absolute atomic E-state index is 0.548. The number of aryl methyl sites for hydroxylation is 1. The standard InChI is InChI=1S/C15H25N7/c1-3-20-5-4-17-15(20)11-21-8-6-19(10-14(21)2)7-9-22-13-16-12-18-22/h4-5,12-14H,3,6-11H2,1-2H3. The van der Waals surface area contributed by atoms with Gasteiger partial charge in [-0.15, -0.1) is 0 Å². The Kier molecular flexibility index (Phi) is 4.84. The maximum absolute atomic E-state index is 4.49. The van der Waals surface area contributed by atoms with Crippen LogP contribution >= 0.6 is 0 Å². The van der Waals surface area contributed by atoms with Crippen molar-refractivity contribution in [2.24, 2.45) is 0 Å². The number of piperazine rings is 1. The summed E-state index contributed by atoms with van der Waals surface area (Å²) in [5, 5.41) is 4.16. The predicted octanol–water partition coefficient (Wildman–Crippen LogP) is 0.701. The third-order valence-electron chi connectivity index (χ3n) is 4.45. The molecular weight excluding hydrogens is 278 g/mol. The van der Waals surface area contributed by atoms with Gasteiger partial charge in [0.1, 0.15) is 18.5 Å². The largest absolute Gasteiger partial charge is 0.334 e. The lowest BCUT2D eigenvalue weighted by Crippen LogP contribution is -2.52. The van der Waals surface area contributed by atoms with E-state index in [1.165, 1.54) is 5.82 Å². The second kappa shape index (κ2) is 7.02. The van der Waals surface area contributed by atoms with Crippen molar-refractivity contribution >= 4 is 0 Å². The molecule has 7 heteroatoms. The van der Waals surface area contributed by atoms with E-state index in [9.17, 15) is 0 Å². The Hall–Kier alpha value is -1.73. The molecule has 0 aliphatic carbocycles. The first-order chi connectivity index (χ1) is 10.8. The van der Waals surface area contributed by atoms with Crippen molar-refractivity contribution in [3.63, 3.8) is 0 Å². The zero-order valence-corrected chi connectivity index (χ0v) is 13.5. The van der Waals surface area contributed by atoms with Gasteiger partial charge in [0.05, 0.1) is 13.1 Å². The lowest BCUT2D eigenvalue weighted by molar-refractivity contribution is 0.0722. The van der Waals surface area contributed by atoms with Gasteiger partial charge in [0.25, 0.3) is 0 Å². The van der Waals surface area contributed by atoms with Crippen LogP contribution in [0.3, 0.4) is 0 Å². The van der Waals surface area contributed by atoms with Crippen LogP contribution in [0.1, 0.15) is 19.7 Å². The number of aromatic nitrogens is 5. The van der Waals surface area contributed by atoms with Gasteiger partial charge in [-0.05, 0) is 13.8 Å². The molecule has 1 fully saturated rings. The lowest BCUT2D eigenvalue weighted by atomic mass is 10.2. The minimum atomic E-state index is 0.548. The second-order valence-corrected chi connectivity index (χ2v) is 5.91. The summed E-state index contributed by atoms with van der Waals surface area (Å²) in [5.41, 5.74) is 0. The summed E-state index contributed by atoms with van der Waals surface area (Å²) < 4.78 is 4.12. The van der Waals surface area contributed by atoms with Crippen LogP contribution in [0.5, 0.6) is 0 Å². The van der Waals surface area contributed by atoms with Gasteiger partial charge in [-0.3, -0.25) is 14.5 Å². The van der Waals surface area contributed by atoms with Crippen LogP contribution in [0.2, 0.25) is 0 Å². The zero-order chi connectivity index (χ0) is 15.4. The van der Waals surface area contributed by atoms with Crippen LogP contribution in [-0.2, 0) is 19.6 Å². The van der Waals surface area contributed by atoms with Gasteiger partial charge in [0, 0.05) is 51.2 Å². The van der Waals surface area contributed by atoms with Gasteiger partial charge in [0.15, 0.2) is 0 Å². The summed E-state index contributed by atoms with van der Waals surface area (Å²) in [5.74, 6) is 1.17. The molecule has 1 aliphatic heterocycles. The average molecular weight is 303 g/mol. The SMILES string of the molecule is CCn1ccnc1CN1CCN(CCn2cncn2)CC1C. The summed E-state index contributed by atoms with van der Waals surface area (Å²) in [6.45, 7) is 11.6. The topological polar surface area (TPSA) is 55.0 Å². The van der Waals surface area contributed by atoms with E-state index in [0.29, 0.717) is 6.04 Å². The Balaban J connectivity index is 1.49. The lowest BCUT2D eigenvalue weighted by Gasteiger charge is -2.39. The molecule has 3 rings (SSSR count). The van der Waals surface area contributed by atoms with Crippen molar-refractivity contribution in [1.29, 1.82) is 0 Å². The van der Waals surface area contributed by atoms with Crippen molar-refractivity contribution in [2.45, 2.75) is 39.5 Å². The molecule has 0 bridgehead atoms. The fourth-order valence-corrected chi connectivity index (χ4v) is 3.06. The maximum atomic E-state index is 4.49. The molecule has 3 heterocycles. The molecule has 0 spiro atoms. The molecule has 22 heavy (non-hydrogen) atoms. The van der Waals surface area contributed by atoms with Gasteiger partial charge in [-0.25, -0.2) is 9.97 Å². The van der Waals surface area contributed by atoms with Crippen molar-refractivity contribution in [3.05, 3.63) is 30.9 Å². The number of rotatable bonds is 6. The molecule has 1 atom stereocenters. The number of nitrogens with zero attached hydrogens (tertiary/aromatic N) is 7. The molecule has 1 saturated heterocycles. The van der Waals surface area contributed by atoms with Gasteiger partial charge in [-0.2, -0.15) is 5.10 Å². The van der Waals surface area contributed by atoms with Gasteiger partial charge in [-0.1, -0.05) is 0 Å². The van der Waals surface area contributed by atoms with Crippen LogP contribution in [0.15, 0.2) is 25.0 Å². The molecule has 0 saturated carbocycles. The van der Waals surface area contributed by atoms with E-state index < -0.39 is 0 Å². The fourth-order valence-electron chi connectivity index (χ4n) is 3.06. The molecular formula is C15H25N7.